The Balaban J connectivity index is 1.49. The van der Waals surface area contributed by atoms with Crippen LogP contribution in [-0.2, 0) is 34.2 Å². The zero-order chi connectivity index (χ0) is 20.9. The third kappa shape index (κ3) is 5.27. The van der Waals surface area contributed by atoms with Gasteiger partial charge in [-0.1, -0.05) is 6.07 Å². The minimum Gasteiger partial charge on any atom is -0.497 e. The Morgan fingerprint density at radius 1 is 1.03 bits per heavy atom. The number of sulfonamides is 1. The molecule has 0 bridgehead atoms. The number of carbonyl (C=O) groups is 1. The van der Waals surface area contributed by atoms with E-state index < -0.39 is 10.0 Å². The van der Waals surface area contributed by atoms with E-state index in [1.54, 1.807) is 38.5 Å². The first-order valence-corrected chi connectivity index (χ1v) is 11.0. The van der Waals surface area contributed by atoms with Gasteiger partial charge in [0.15, 0.2) is 0 Å². The molecule has 3 rings (SSSR count). The third-order valence-electron chi connectivity index (χ3n) is 4.99. The molecule has 0 aromatic heterocycles. The molecule has 2 N–H and O–H groups in total. The van der Waals surface area contributed by atoms with E-state index in [0.717, 1.165) is 30.4 Å². The number of methoxy groups -OCH3 is 2. The summed E-state index contributed by atoms with van der Waals surface area (Å²) < 4.78 is 37.9. The van der Waals surface area contributed by atoms with Crippen molar-refractivity contribution >= 4 is 15.9 Å². The summed E-state index contributed by atoms with van der Waals surface area (Å²) in [6, 6.07) is 10.6. The SMILES string of the molecule is COc1ccc(CNC(=O)CCNS(=O)(=O)c2ccc3c(c2)CCC3)c(OC)c1. The van der Waals surface area contributed by atoms with Gasteiger partial charge in [-0.3, -0.25) is 4.79 Å². The smallest absolute Gasteiger partial charge is 0.240 e. The van der Waals surface area contributed by atoms with E-state index in [-0.39, 0.29) is 30.3 Å². The number of benzene rings is 2. The summed E-state index contributed by atoms with van der Waals surface area (Å²) in [5, 5.41) is 2.78. The van der Waals surface area contributed by atoms with Crippen molar-refractivity contribution < 1.29 is 22.7 Å². The van der Waals surface area contributed by atoms with Crippen LogP contribution in [0, 0.1) is 0 Å². The number of ether oxygens (including phenoxy) is 2. The fourth-order valence-corrected chi connectivity index (χ4v) is 4.46. The Morgan fingerprint density at radius 3 is 2.59 bits per heavy atom. The largest absolute Gasteiger partial charge is 0.497 e. The molecule has 7 nitrogen and oxygen atoms in total. The highest BCUT2D eigenvalue weighted by molar-refractivity contribution is 7.89. The maximum Gasteiger partial charge on any atom is 0.240 e. The molecule has 2 aromatic carbocycles. The fraction of sp³-hybridized carbons (Fsp3) is 0.381. The van der Waals surface area contributed by atoms with Crippen molar-refractivity contribution in [1.82, 2.24) is 10.0 Å². The van der Waals surface area contributed by atoms with Gasteiger partial charge in [-0.25, -0.2) is 13.1 Å². The Morgan fingerprint density at radius 2 is 1.83 bits per heavy atom. The van der Waals surface area contributed by atoms with Crippen LogP contribution in [-0.4, -0.2) is 35.1 Å². The van der Waals surface area contributed by atoms with Gasteiger partial charge in [0, 0.05) is 31.1 Å². The predicted octanol–water partition coefficient (Wildman–Crippen LogP) is 2.18. The van der Waals surface area contributed by atoms with Gasteiger partial charge in [-0.15, -0.1) is 0 Å². The van der Waals surface area contributed by atoms with Crippen LogP contribution >= 0.6 is 0 Å². The van der Waals surface area contributed by atoms with Crippen LogP contribution in [0.15, 0.2) is 41.3 Å². The normalized spacial score (nSPS) is 13.0. The number of rotatable bonds is 9. The second-order valence-corrected chi connectivity index (χ2v) is 8.65. The van der Waals surface area contributed by atoms with Gasteiger partial charge in [0.1, 0.15) is 11.5 Å². The van der Waals surface area contributed by atoms with Crippen molar-refractivity contribution in [3.8, 4) is 11.5 Å². The highest BCUT2D eigenvalue weighted by Crippen LogP contribution is 2.25. The van der Waals surface area contributed by atoms with E-state index in [1.807, 2.05) is 12.1 Å². The van der Waals surface area contributed by atoms with Gasteiger partial charge in [0.25, 0.3) is 0 Å². The lowest BCUT2D eigenvalue weighted by atomic mass is 10.1. The molecule has 156 valence electrons. The summed E-state index contributed by atoms with van der Waals surface area (Å²) in [6.45, 7) is 0.314. The molecule has 8 heteroatoms. The number of aryl methyl sites for hydroxylation is 2. The summed E-state index contributed by atoms with van der Waals surface area (Å²) in [6.07, 6.45) is 3.02. The first-order chi connectivity index (χ1) is 13.9. The summed E-state index contributed by atoms with van der Waals surface area (Å²) in [5.41, 5.74) is 3.12. The van der Waals surface area contributed by atoms with E-state index >= 15 is 0 Å². The molecule has 2 aromatic rings. The molecule has 0 unspecified atom stereocenters. The molecular weight excluding hydrogens is 392 g/mol. The quantitative estimate of drug-likeness (QED) is 0.651. The van der Waals surface area contributed by atoms with Crippen LogP contribution < -0.4 is 19.5 Å². The molecule has 0 atom stereocenters. The molecule has 0 aliphatic heterocycles. The Kier molecular flexibility index (Phi) is 6.76. The Labute approximate surface area is 171 Å². The molecule has 1 aliphatic rings. The number of fused-ring (bicyclic) bond motifs is 1. The average Bonchev–Trinajstić information content (AvgIpc) is 3.20. The van der Waals surface area contributed by atoms with E-state index in [4.69, 9.17) is 9.47 Å². The Bertz CT molecular complexity index is 989. The molecule has 0 fully saturated rings. The van der Waals surface area contributed by atoms with Crippen molar-refractivity contribution in [1.29, 1.82) is 0 Å². The molecule has 1 amide bonds. The molecule has 0 saturated heterocycles. The van der Waals surface area contributed by atoms with E-state index in [2.05, 4.69) is 10.0 Å². The number of carbonyl (C=O) groups excluding carboxylic acids is 1. The van der Waals surface area contributed by atoms with E-state index in [0.29, 0.717) is 11.5 Å². The van der Waals surface area contributed by atoms with Gasteiger partial charge in [0.05, 0.1) is 19.1 Å². The molecular formula is C21H26N2O5S. The van der Waals surface area contributed by atoms with Crippen molar-refractivity contribution in [2.24, 2.45) is 0 Å². The maximum absolute atomic E-state index is 12.5. The van der Waals surface area contributed by atoms with Crippen LogP contribution in [0.3, 0.4) is 0 Å². The summed E-state index contributed by atoms with van der Waals surface area (Å²) in [4.78, 5) is 12.4. The van der Waals surface area contributed by atoms with Crippen molar-refractivity contribution in [2.75, 3.05) is 20.8 Å². The zero-order valence-electron chi connectivity index (χ0n) is 16.7. The van der Waals surface area contributed by atoms with Gasteiger partial charge in [-0.05, 0) is 54.7 Å². The molecule has 0 heterocycles. The van der Waals surface area contributed by atoms with Crippen LogP contribution in [0.4, 0.5) is 0 Å². The lowest BCUT2D eigenvalue weighted by Gasteiger charge is -2.12. The second-order valence-electron chi connectivity index (χ2n) is 6.89. The Hall–Kier alpha value is -2.58. The van der Waals surface area contributed by atoms with E-state index in [9.17, 15) is 13.2 Å². The topological polar surface area (TPSA) is 93.7 Å². The first-order valence-electron chi connectivity index (χ1n) is 9.52. The lowest BCUT2D eigenvalue weighted by Crippen LogP contribution is -2.30. The van der Waals surface area contributed by atoms with Gasteiger partial charge >= 0.3 is 0 Å². The van der Waals surface area contributed by atoms with Crippen LogP contribution in [0.1, 0.15) is 29.5 Å². The van der Waals surface area contributed by atoms with Crippen LogP contribution in [0.25, 0.3) is 0 Å². The second kappa shape index (κ2) is 9.28. The highest BCUT2D eigenvalue weighted by atomic mass is 32.2. The molecule has 0 saturated carbocycles. The highest BCUT2D eigenvalue weighted by Gasteiger charge is 2.18. The third-order valence-corrected chi connectivity index (χ3v) is 6.45. The van der Waals surface area contributed by atoms with Crippen molar-refractivity contribution in [3.05, 3.63) is 53.1 Å². The number of hydrogen-bond acceptors (Lipinski definition) is 5. The number of amides is 1. The minimum atomic E-state index is -3.63. The van der Waals surface area contributed by atoms with Gasteiger partial charge in [-0.2, -0.15) is 0 Å². The zero-order valence-corrected chi connectivity index (χ0v) is 17.5. The summed E-state index contributed by atoms with van der Waals surface area (Å²) in [5.74, 6) is 1.03. The molecule has 1 aliphatic carbocycles. The van der Waals surface area contributed by atoms with Crippen molar-refractivity contribution in [3.63, 3.8) is 0 Å². The lowest BCUT2D eigenvalue weighted by molar-refractivity contribution is -0.121. The maximum atomic E-state index is 12.5. The predicted molar refractivity (Wildman–Crippen MR) is 110 cm³/mol. The number of hydrogen-bond donors (Lipinski definition) is 2. The number of nitrogens with one attached hydrogen (secondary N) is 2. The van der Waals surface area contributed by atoms with Crippen LogP contribution in [0.5, 0.6) is 11.5 Å². The molecule has 0 spiro atoms. The summed E-state index contributed by atoms with van der Waals surface area (Å²) >= 11 is 0. The van der Waals surface area contributed by atoms with E-state index in [1.165, 1.54) is 5.56 Å². The summed E-state index contributed by atoms with van der Waals surface area (Å²) in [7, 11) is -0.508. The first kappa shape index (κ1) is 21.1. The van der Waals surface area contributed by atoms with Gasteiger partial charge < -0.3 is 14.8 Å². The van der Waals surface area contributed by atoms with Gasteiger partial charge in [0.2, 0.25) is 15.9 Å². The molecule has 0 radical (unpaired) electrons. The van der Waals surface area contributed by atoms with Crippen molar-refractivity contribution in [2.45, 2.75) is 37.1 Å². The average molecular weight is 419 g/mol. The molecule has 29 heavy (non-hydrogen) atoms. The van der Waals surface area contributed by atoms with Crippen LogP contribution in [0.2, 0.25) is 0 Å². The standard InChI is InChI=1S/C21H26N2O5S/c1-27-18-8-6-17(20(13-18)28-2)14-22-21(24)10-11-23-29(25,26)19-9-7-15-4-3-5-16(15)12-19/h6-9,12-13,23H,3-5,10-11,14H2,1-2H3,(H,22,24). The fourth-order valence-electron chi connectivity index (χ4n) is 3.38. The monoisotopic (exact) mass is 418 g/mol. The minimum absolute atomic E-state index is 0.0327.